The predicted octanol–water partition coefficient (Wildman–Crippen LogP) is 2.69. The van der Waals surface area contributed by atoms with Crippen molar-refractivity contribution in [1.29, 1.82) is 0 Å². The molecule has 5 heteroatoms. The molecule has 1 aliphatic rings. The van der Waals surface area contributed by atoms with E-state index in [2.05, 4.69) is 5.10 Å². The predicted molar refractivity (Wildman–Crippen MR) is 73.6 cm³/mol. The number of hydrogen-bond acceptors (Lipinski definition) is 4. The number of hydrazone groups is 1. The van der Waals surface area contributed by atoms with Crippen molar-refractivity contribution < 1.29 is 9.59 Å². The van der Waals surface area contributed by atoms with Crippen molar-refractivity contribution in [2.45, 2.75) is 6.92 Å². The zero-order valence-electron chi connectivity index (χ0n) is 10.2. The van der Waals surface area contributed by atoms with E-state index in [4.69, 9.17) is 0 Å². The number of fused-ring (bicyclic) bond motifs is 1. The quantitative estimate of drug-likeness (QED) is 0.622. The molecule has 1 aromatic carbocycles. The fourth-order valence-corrected chi connectivity index (χ4v) is 2.69. The van der Waals surface area contributed by atoms with Crippen molar-refractivity contribution in [3.8, 4) is 0 Å². The molecule has 1 aromatic heterocycles. The van der Waals surface area contributed by atoms with Crippen molar-refractivity contribution in [2.75, 3.05) is 0 Å². The van der Waals surface area contributed by atoms with Crippen LogP contribution in [0.1, 0.15) is 31.2 Å². The lowest BCUT2D eigenvalue weighted by atomic mass is 10.1. The number of thiophene rings is 1. The highest BCUT2D eigenvalue weighted by Gasteiger charge is 2.35. The lowest BCUT2D eigenvalue weighted by Gasteiger charge is -2.04. The van der Waals surface area contributed by atoms with Crippen LogP contribution in [0, 0.1) is 6.92 Å². The fourth-order valence-electron chi connectivity index (χ4n) is 1.91. The van der Waals surface area contributed by atoms with Crippen LogP contribution in [0.5, 0.6) is 0 Å². The molecule has 2 amide bonds. The van der Waals surface area contributed by atoms with Crippen molar-refractivity contribution >= 4 is 29.4 Å². The minimum Gasteiger partial charge on any atom is -0.267 e. The second-order valence-corrected chi connectivity index (χ2v) is 5.13. The number of benzene rings is 1. The molecule has 2 heterocycles. The molecule has 0 saturated carbocycles. The van der Waals surface area contributed by atoms with Gasteiger partial charge in [0.2, 0.25) is 0 Å². The summed E-state index contributed by atoms with van der Waals surface area (Å²) in [7, 11) is 0. The van der Waals surface area contributed by atoms with Gasteiger partial charge in [-0.3, -0.25) is 9.59 Å². The van der Waals surface area contributed by atoms with Crippen LogP contribution in [0.15, 0.2) is 40.8 Å². The van der Waals surface area contributed by atoms with Gasteiger partial charge in [-0.1, -0.05) is 12.1 Å². The minimum absolute atomic E-state index is 0.369. The zero-order chi connectivity index (χ0) is 13.4. The van der Waals surface area contributed by atoms with Crippen molar-refractivity contribution in [3.05, 3.63) is 57.3 Å². The van der Waals surface area contributed by atoms with Crippen molar-refractivity contribution in [3.63, 3.8) is 0 Å². The Morgan fingerprint density at radius 1 is 1.11 bits per heavy atom. The normalized spacial score (nSPS) is 14.5. The fraction of sp³-hybridized carbons (Fsp3) is 0.0714. The highest BCUT2D eigenvalue weighted by Crippen LogP contribution is 2.23. The van der Waals surface area contributed by atoms with Crippen LogP contribution in [-0.2, 0) is 0 Å². The van der Waals surface area contributed by atoms with Crippen molar-refractivity contribution in [2.24, 2.45) is 5.10 Å². The van der Waals surface area contributed by atoms with Gasteiger partial charge in [0.15, 0.2) is 0 Å². The first-order valence-electron chi connectivity index (χ1n) is 5.74. The molecule has 0 fully saturated rings. The summed E-state index contributed by atoms with van der Waals surface area (Å²) in [6, 6.07) is 8.72. The molecule has 0 spiro atoms. The van der Waals surface area contributed by atoms with Gasteiger partial charge in [0, 0.05) is 0 Å². The summed E-state index contributed by atoms with van der Waals surface area (Å²) in [5, 5.41) is 6.89. The average molecular weight is 270 g/mol. The highest BCUT2D eigenvalue weighted by molar-refractivity contribution is 7.11. The van der Waals surface area contributed by atoms with E-state index in [0.29, 0.717) is 11.1 Å². The number of carbonyl (C=O) groups is 2. The molecule has 0 unspecified atom stereocenters. The summed E-state index contributed by atoms with van der Waals surface area (Å²) in [6.07, 6.45) is 1.56. The third-order valence-electron chi connectivity index (χ3n) is 2.96. The minimum atomic E-state index is -0.369. The second kappa shape index (κ2) is 4.44. The first kappa shape index (κ1) is 11.8. The summed E-state index contributed by atoms with van der Waals surface area (Å²) in [5.74, 6) is -0.739. The summed E-state index contributed by atoms with van der Waals surface area (Å²) in [5.41, 5.74) is 1.89. The third kappa shape index (κ3) is 1.88. The molecule has 94 valence electrons. The standard InChI is InChI=1S/C14H10N2O2S/c1-9-6-7-19-12(9)8-15-16-13(17)10-4-2-3-5-11(10)14(16)18/h2-8H,1H3. The van der Waals surface area contributed by atoms with E-state index < -0.39 is 0 Å². The van der Waals surface area contributed by atoms with Gasteiger partial charge < -0.3 is 0 Å². The number of nitrogens with zero attached hydrogens (tertiary/aromatic N) is 2. The third-order valence-corrected chi connectivity index (χ3v) is 3.92. The van der Waals surface area contributed by atoms with E-state index in [1.807, 2.05) is 18.4 Å². The van der Waals surface area contributed by atoms with Crippen molar-refractivity contribution in [1.82, 2.24) is 5.01 Å². The van der Waals surface area contributed by atoms with E-state index >= 15 is 0 Å². The molecule has 0 saturated heterocycles. The highest BCUT2D eigenvalue weighted by atomic mass is 32.1. The summed E-state index contributed by atoms with van der Waals surface area (Å²) in [6.45, 7) is 1.96. The average Bonchev–Trinajstić information content (AvgIpc) is 2.93. The Labute approximate surface area is 114 Å². The summed E-state index contributed by atoms with van der Waals surface area (Å²) >= 11 is 1.52. The lowest BCUT2D eigenvalue weighted by Crippen LogP contribution is -2.23. The maximum atomic E-state index is 12.0. The molecule has 0 atom stereocenters. The Kier molecular flexibility index (Phi) is 2.76. The Morgan fingerprint density at radius 2 is 1.74 bits per heavy atom. The molecular weight excluding hydrogens is 260 g/mol. The molecule has 2 aromatic rings. The van der Waals surface area contributed by atoms with E-state index in [0.717, 1.165) is 15.4 Å². The van der Waals surface area contributed by atoms with Gasteiger partial charge in [0.05, 0.1) is 22.2 Å². The van der Waals surface area contributed by atoms with Gasteiger partial charge in [-0.15, -0.1) is 11.3 Å². The largest absolute Gasteiger partial charge is 0.282 e. The number of amides is 2. The summed E-state index contributed by atoms with van der Waals surface area (Å²) < 4.78 is 0. The van der Waals surface area contributed by atoms with Gasteiger partial charge in [-0.25, -0.2) is 0 Å². The maximum absolute atomic E-state index is 12.0. The molecular formula is C14H10N2O2S. The zero-order valence-corrected chi connectivity index (χ0v) is 11.0. The van der Waals surface area contributed by atoms with Gasteiger partial charge in [0.1, 0.15) is 0 Å². The molecule has 0 N–H and O–H groups in total. The van der Waals surface area contributed by atoms with Crippen LogP contribution in [0.25, 0.3) is 0 Å². The smallest absolute Gasteiger partial charge is 0.267 e. The maximum Gasteiger partial charge on any atom is 0.282 e. The Morgan fingerprint density at radius 3 is 2.26 bits per heavy atom. The molecule has 4 nitrogen and oxygen atoms in total. The number of carbonyl (C=O) groups excluding carboxylic acids is 2. The molecule has 0 bridgehead atoms. The first-order valence-corrected chi connectivity index (χ1v) is 6.62. The van der Waals surface area contributed by atoms with E-state index in [-0.39, 0.29) is 11.8 Å². The molecule has 0 radical (unpaired) electrons. The first-order chi connectivity index (χ1) is 9.18. The number of imide groups is 1. The monoisotopic (exact) mass is 270 g/mol. The van der Waals surface area contributed by atoms with Gasteiger partial charge in [-0.2, -0.15) is 10.1 Å². The van der Waals surface area contributed by atoms with Crippen LogP contribution < -0.4 is 0 Å². The topological polar surface area (TPSA) is 49.7 Å². The number of hydrogen-bond donors (Lipinski definition) is 0. The Balaban J connectivity index is 1.93. The van der Waals surface area contributed by atoms with E-state index in [1.54, 1.807) is 30.5 Å². The SMILES string of the molecule is Cc1ccsc1C=NN1C(=O)c2ccccc2C1=O. The van der Waals surface area contributed by atoms with E-state index in [1.165, 1.54) is 11.3 Å². The van der Waals surface area contributed by atoms with Gasteiger partial charge in [-0.05, 0) is 36.1 Å². The van der Waals surface area contributed by atoms with E-state index in [9.17, 15) is 9.59 Å². The van der Waals surface area contributed by atoms with Crippen LogP contribution in [-0.4, -0.2) is 23.0 Å². The van der Waals surface area contributed by atoms with Crippen LogP contribution in [0.3, 0.4) is 0 Å². The molecule has 3 rings (SSSR count). The molecule has 0 aliphatic carbocycles. The second-order valence-electron chi connectivity index (χ2n) is 4.18. The Bertz CT molecular complexity index is 668. The molecule has 1 aliphatic heterocycles. The molecule has 19 heavy (non-hydrogen) atoms. The van der Waals surface area contributed by atoms with Crippen LogP contribution in [0.4, 0.5) is 0 Å². The number of rotatable bonds is 2. The Hall–Kier alpha value is -2.27. The summed E-state index contributed by atoms with van der Waals surface area (Å²) in [4.78, 5) is 25.0. The number of aryl methyl sites for hydroxylation is 1. The van der Waals surface area contributed by atoms with Crippen LogP contribution in [0.2, 0.25) is 0 Å². The van der Waals surface area contributed by atoms with Crippen LogP contribution >= 0.6 is 11.3 Å². The van der Waals surface area contributed by atoms with Gasteiger partial charge >= 0.3 is 0 Å². The lowest BCUT2D eigenvalue weighted by molar-refractivity contribution is 0.0660. The van der Waals surface area contributed by atoms with Gasteiger partial charge in [0.25, 0.3) is 11.8 Å².